The van der Waals surface area contributed by atoms with Crippen molar-refractivity contribution < 1.29 is 22.8 Å². The van der Waals surface area contributed by atoms with Crippen molar-refractivity contribution in [3.8, 4) is 22.3 Å². The molecule has 5 aromatic rings. The van der Waals surface area contributed by atoms with Crippen molar-refractivity contribution in [1.82, 2.24) is 15.2 Å². The van der Waals surface area contributed by atoms with Gasteiger partial charge in [0.1, 0.15) is 29.2 Å². The normalized spacial score (nSPS) is 14.9. The average Bonchev–Trinajstić information content (AvgIpc) is 3.65. The Morgan fingerprint density at radius 1 is 1.00 bits per heavy atom. The van der Waals surface area contributed by atoms with Crippen LogP contribution in [0.1, 0.15) is 28.1 Å². The molecule has 1 saturated heterocycles. The zero-order chi connectivity index (χ0) is 29.9. The Kier molecular flexibility index (Phi) is 7.70. The molecule has 7 nitrogen and oxygen atoms in total. The summed E-state index contributed by atoms with van der Waals surface area (Å²) in [7, 11) is 0. The summed E-state index contributed by atoms with van der Waals surface area (Å²) in [6, 6.07) is 22.6. The van der Waals surface area contributed by atoms with Crippen molar-refractivity contribution in [3.63, 3.8) is 0 Å². The summed E-state index contributed by atoms with van der Waals surface area (Å²) in [6.07, 6.45) is 4.01. The van der Waals surface area contributed by atoms with Crippen LogP contribution in [0.15, 0.2) is 95.6 Å². The second-order valence-corrected chi connectivity index (χ2v) is 10.4. The molecule has 6 rings (SSSR count). The molecule has 0 radical (unpaired) electrons. The summed E-state index contributed by atoms with van der Waals surface area (Å²) in [6.45, 7) is 0.695. The quantitative estimate of drug-likeness (QED) is 0.218. The lowest BCUT2D eigenvalue weighted by Gasteiger charge is -2.15. The third-order valence-corrected chi connectivity index (χ3v) is 7.38. The van der Waals surface area contributed by atoms with Gasteiger partial charge in [0.2, 0.25) is 5.91 Å². The van der Waals surface area contributed by atoms with Crippen LogP contribution in [0, 0.1) is 5.82 Å². The van der Waals surface area contributed by atoms with Crippen molar-refractivity contribution in [2.75, 3.05) is 18.8 Å². The van der Waals surface area contributed by atoms with Gasteiger partial charge in [0, 0.05) is 35.3 Å². The number of halogens is 2. The van der Waals surface area contributed by atoms with Gasteiger partial charge in [-0.2, -0.15) is 0 Å². The van der Waals surface area contributed by atoms with Crippen molar-refractivity contribution in [3.05, 3.63) is 114 Å². The minimum Gasteiger partial charge on any atom is -0.459 e. The SMILES string of the molecule is Nc1ccc(/C=C/C(=O)NCc2cc3cc(-c4ccc(C(=O)N5CC[C@H](F)C5)cc4)cc(-c4ccc(F)cc4)c3o2)cn1. The van der Waals surface area contributed by atoms with E-state index in [0.29, 0.717) is 35.7 Å². The van der Waals surface area contributed by atoms with Crippen molar-refractivity contribution in [1.29, 1.82) is 0 Å². The van der Waals surface area contributed by atoms with Crippen molar-refractivity contribution in [2.24, 2.45) is 0 Å². The number of nitrogens with two attached hydrogens (primary N) is 1. The van der Waals surface area contributed by atoms with Gasteiger partial charge in [-0.05, 0) is 89.3 Å². The number of nitrogens with zero attached hydrogens (tertiary/aromatic N) is 2. The molecule has 216 valence electrons. The number of hydrogen-bond acceptors (Lipinski definition) is 5. The number of rotatable bonds is 7. The summed E-state index contributed by atoms with van der Waals surface area (Å²) < 4.78 is 33.5. The molecule has 1 fully saturated rings. The van der Waals surface area contributed by atoms with Gasteiger partial charge in [0.05, 0.1) is 13.1 Å². The van der Waals surface area contributed by atoms with E-state index < -0.39 is 6.17 Å². The van der Waals surface area contributed by atoms with E-state index in [4.69, 9.17) is 10.2 Å². The summed E-state index contributed by atoms with van der Waals surface area (Å²) >= 11 is 0. The second kappa shape index (κ2) is 11.9. The Bertz CT molecular complexity index is 1810. The van der Waals surface area contributed by atoms with E-state index >= 15 is 0 Å². The Balaban J connectivity index is 1.26. The number of hydrogen-bond donors (Lipinski definition) is 2. The molecule has 0 bridgehead atoms. The van der Waals surface area contributed by atoms with Crippen LogP contribution in [0.4, 0.5) is 14.6 Å². The van der Waals surface area contributed by atoms with Gasteiger partial charge < -0.3 is 20.4 Å². The molecular formula is C34H28F2N4O3. The topological polar surface area (TPSA) is 101 Å². The Morgan fingerprint density at radius 3 is 2.47 bits per heavy atom. The van der Waals surface area contributed by atoms with Crippen LogP contribution in [0.3, 0.4) is 0 Å². The summed E-state index contributed by atoms with van der Waals surface area (Å²) in [5.74, 6) is 0.109. The Morgan fingerprint density at radius 2 is 1.77 bits per heavy atom. The maximum atomic E-state index is 13.7. The van der Waals surface area contributed by atoms with E-state index in [0.717, 1.165) is 33.2 Å². The van der Waals surface area contributed by atoms with Crippen LogP contribution in [0.25, 0.3) is 39.3 Å². The number of benzene rings is 3. The Hall–Kier alpha value is -5.31. The zero-order valence-corrected chi connectivity index (χ0v) is 23.1. The molecule has 0 aliphatic carbocycles. The van der Waals surface area contributed by atoms with Crippen LogP contribution in [0.5, 0.6) is 0 Å². The largest absolute Gasteiger partial charge is 0.459 e. The van der Waals surface area contributed by atoms with Crippen LogP contribution in [0.2, 0.25) is 0 Å². The highest BCUT2D eigenvalue weighted by Gasteiger charge is 2.26. The average molecular weight is 579 g/mol. The third kappa shape index (κ3) is 6.30. The standard InChI is InChI=1S/C34H28F2N4O3/c35-27-9-7-23(8-10-27)30-17-25(22-3-5-24(6-4-22)34(42)40-14-13-28(36)20-40)15-26-16-29(43-33(26)30)19-39-32(41)12-2-21-1-11-31(37)38-18-21/h1-12,15-18,28H,13-14,19-20H2,(H2,37,38)(H,39,41)/b12-2+/t28-/m0/s1. The van der Waals surface area contributed by atoms with E-state index in [1.807, 2.05) is 30.3 Å². The lowest BCUT2D eigenvalue weighted by Crippen LogP contribution is -2.28. The number of nitrogen functional groups attached to an aromatic ring is 1. The molecule has 3 N–H and O–H groups in total. The maximum Gasteiger partial charge on any atom is 0.253 e. The third-order valence-electron chi connectivity index (χ3n) is 7.38. The molecule has 2 aromatic heterocycles. The second-order valence-electron chi connectivity index (χ2n) is 10.4. The first-order valence-corrected chi connectivity index (χ1v) is 13.9. The smallest absolute Gasteiger partial charge is 0.253 e. The molecular weight excluding hydrogens is 550 g/mol. The number of aromatic nitrogens is 1. The molecule has 3 heterocycles. The molecule has 3 aromatic carbocycles. The Labute approximate surface area is 246 Å². The fraction of sp³-hybridized carbons (Fsp3) is 0.147. The highest BCUT2D eigenvalue weighted by molar-refractivity contribution is 5.98. The maximum absolute atomic E-state index is 13.7. The van der Waals surface area contributed by atoms with E-state index in [1.54, 1.807) is 48.7 Å². The number of alkyl halides is 1. The van der Waals surface area contributed by atoms with E-state index in [-0.39, 0.29) is 30.7 Å². The van der Waals surface area contributed by atoms with Crippen molar-refractivity contribution in [2.45, 2.75) is 19.1 Å². The fourth-order valence-corrected chi connectivity index (χ4v) is 5.11. The number of carbonyl (C=O) groups excluding carboxylic acids is 2. The van der Waals surface area contributed by atoms with Crippen LogP contribution >= 0.6 is 0 Å². The lowest BCUT2D eigenvalue weighted by molar-refractivity contribution is -0.116. The molecule has 9 heteroatoms. The van der Waals surface area contributed by atoms with Gasteiger partial charge >= 0.3 is 0 Å². The van der Waals surface area contributed by atoms with E-state index in [9.17, 15) is 18.4 Å². The monoisotopic (exact) mass is 578 g/mol. The molecule has 1 aliphatic heterocycles. The number of anilines is 1. The zero-order valence-electron chi connectivity index (χ0n) is 23.1. The predicted molar refractivity (Wildman–Crippen MR) is 162 cm³/mol. The summed E-state index contributed by atoms with van der Waals surface area (Å²) in [4.78, 5) is 30.8. The highest BCUT2D eigenvalue weighted by atomic mass is 19.1. The molecule has 0 unspecified atom stereocenters. The van der Waals surface area contributed by atoms with Crippen LogP contribution < -0.4 is 11.1 Å². The molecule has 2 amide bonds. The van der Waals surface area contributed by atoms with Gasteiger partial charge in [-0.3, -0.25) is 9.59 Å². The fourth-order valence-electron chi connectivity index (χ4n) is 5.11. The highest BCUT2D eigenvalue weighted by Crippen LogP contribution is 2.36. The van der Waals surface area contributed by atoms with Crippen molar-refractivity contribution >= 4 is 34.7 Å². The lowest BCUT2D eigenvalue weighted by atomic mass is 9.96. The molecule has 1 aliphatic rings. The van der Waals surface area contributed by atoms with Gasteiger partial charge in [0.25, 0.3) is 5.91 Å². The number of fused-ring (bicyclic) bond motifs is 1. The van der Waals surface area contributed by atoms with Gasteiger partial charge in [-0.25, -0.2) is 13.8 Å². The number of pyridine rings is 1. The van der Waals surface area contributed by atoms with Crippen LogP contribution in [-0.4, -0.2) is 41.0 Å². The number of furan rings is 1. The first-order valence-electron chi connectivity index (χ1n) is 13.9. The molecule has 43 heavy (non-hydrogen) atoms. The minimum absolute atomic E-state index is 0.123. The minimum atomic E-state index is -0.975. The van der Waals surface area contributed by atoms with Gasteiger partial charge in [-0.15, -0.1) is 0 Å². The first kappa shape index (κ1) is 27.8. The molecule has 0 spiro atoms. The predicted octanol–water partition coefficient (Wildman–Crippen LogP) is 6.40. The number of nitrogens with one attached hydrogen (secondary N) is 1. The van der Waals surface area contributed by atoms with Crippen LogP contribution in [-0.2, 0) is 11.3 Å². The summed E-state index contributed by atoms with van der Waals surface area (Å²) in [5.41, 5.74) is 10.7. The summed E-state index contributed by atoms with van der Waals surface area (Å²) in [5, 5.41) is 3.63. The van der Waals surface area contributed by atoms with E-state index in [1.165, 1.54) is 23.1 Å². The number of carbonyl (C=O) groups is 2. The number of likely N-dealkylation sites (tertiary alicyclic amines) is 1. The van der Waals surface area contributed by atoms with Gasteiger partial charge in [0.15, 0.2) is 0 Å². The van der Waals surface area contributed by atoms with Gasteiger partial charge in [-0.1, -0.05) is 24.3 Å². The van der Waals surface area contributed by atoms with E-state index in [2.05, 4.69) is 10.3 Å². The number of amides is 2. The molecule has 0 saturated carbocycles. The molecule has 1 atom stereocenters. The first-order chi connectivity index (χ1) is 20.8.